The van der Waals surface area contributed by atoms with Gasteiger partial charge in [-0.1, -0.05) is 35.5 Å². The van der Waals surface area contributed by atoms with Crippen molar-refractivity contribution in [1.29, 1.82) is 0 Å². The topological polar surface area (TPSA) is 43.2 Å². The minimum Gasteiger partial charge on any atom is -0.368 e. The third-order valence-corrected chi connectivity index (χ3v) is 4.21. The van der Waals surface area contributed by atoms with Crippen molar-refractivity contribution in [2.45, 2.75) is 46.1 Å². The van der Waals surface area contributed by atoms with E-state index < -0.39 is 0 Å². The minimum atomic E-state index is 0.135. The van der Waals surface area contributed by atoms with Crippen LogP contribution in [0.1, 0.15) is 36.9 Å². The van der Waals surface area contributed by atoms with Crippen molar-refractivity contribution in [3.63, 3.8) is 0 Å². The fraction of sp³-hybridized carbons (Fsp3) is 0.529. The van der Waals surface area contributed by atoms with E-state index in [-0.39, 0.29) is 12.2 Å². The van der Waals surface area contributed by atoms with Crippen LogP contribution >= 0.6 is 0 Å². The van der Waals surface area contributed by atoms with Crippen LogP contribution < -0.4 is 0 Å². The number of aryl methyl sites for hydroxylation is 2. The van der Waals surface area contributed by atoms with Gasteiger partial charge in [0.25, 0.3) is 0 Å². The maximum Gasteiger partial charge on any atom is 0.0956 e. The Balaban J connectivity index is 1.75. The molecule has 5 nitrogen and oxygen atoms in total. The predicted molar refractivity (Wildman–Crippen MR) is 85.4 cm³/mol. The molecule has 0 N–H and O–H groups in total. The molecule has 0 radical (unpaired) electrons. The highest BCUT2D eigenvalue weighted by Gasteiger charge is 2.27. The van der Waals surface area contributed by atoms with Gasteiger partial charge < -0.3 is 4.74 Å². The molecule has 0 saturated carbocycles. The summed E-state index contributed by atoms with van der Waals surface area (Å²) in [5, 5.41) is 8.41. The highest BCUT2D eigenvalue weighted by Crippen LogP contribution is 2.26. The molecule has 1 saturated heterocycles. The maximum absolute atomic E-state index is 6.13. The van der Waals surface area contributed by atoms with Crippen molar-refractivity contribution in [3.05, 3.63) is 47.3 Å². The normalized spacial score (nSPS) is 22.9. The van der Waals surface area contributed by atoms with E-state index >= 15 is 0 Å². The molecule has 2 unspecified atom stereocenters. The van der Waals surface area contributed by atoms with E-state index in [4.69, 9.17) is 4.74 Å². The molecule has 0 aliphatic carbocycles. The third-order valence-electron chi connectivity index (χ3n) is 4.21. The molecule has 2 heterocycles. The second-order valence-corrected chi connectivity index (χ2v) is 5.98. The Kier molecular flexibility index (Phi) is 4.55. The summed E-state index contributed by atoms with van der Waals surface area (Å²) in [4.78, 5) is 2.45. The lowest BCUT2D eigenvalue weighted by Crippen LogP contribution is -2.42. The Morgan fingerprint density at radius 1 is 1.23 bits per heavy atom. The number of rotatable bonds is 4. The van der Waals surface area contributed by atoms with Gasteiger partial charge in [0.1, 0.15) is 0 Å². The van der Waals surface area contributed by atoms with Crippen LogP contribution in [0.4, 0.5) is 0 Å². The first-order chi connectivity index (χ1) is 10.7. The number of aromatic nitrogens is 3. The molecule has 1 fully saturated rings. The summed E-state index contributed by atoms with van der Waals surface area (Å²) in [6.45, 7) is 9.87. The van der Waals surface area contributed by atoms with Gasteiger partial charge >= 0.3 is 0 Å². The van der Waals surface area contributed by atoms with E-state index in [9.17, 15) is 0 Å². The summed E-state index contributed by atoms with van der Waals surface area (Å²) in [6, 6.07) is 10.5. The average Bonchev–Trinajstić information content (AvgIpc) is 2.88. The number of nitrogens with zero attached hydrogens (tertiary/aromatic N) is 4. The van der Waals surface area contributed by atoms with Crippen molar-refractivity contribution in [1.82, 2.24) is 19.9 Å². The zero-order valence-corrected chi connectivity index (χ0v) is 13.6. The van der Waals surface area contributed by atoms with Crippen molar-refractivity contribution >= 4 is 0 Å². The van der Waals surface area contributed by atoms with E-state index in [0.29, 0.717) is 0 Å². The Bertz CT molecular complexity index is 610. The first-order valence-electron chi connectivity index (χ1n) is 7.99. The smallest absolute Gasteiger partial charge is 0.0956 e. The monoisotopic (exact) mass is 300 g/mol. The third kappa shape index (κ3) is 3.20. The van der Waals surface area contributed by atoms with Crippen LogP contribution in [0.25, 0.3) is 0 Å². The summed E-state index contributed by atoms with van der Waals surface area (Å²) in [6.07, 6.45) is 0.362. The number of hydrogen-bond donors (Lipinski definition) is 0. The van der Waals surface area contributed by atoms with Crippen molar-refractivity contribution in [2.24, 2.45) is 0 Å². The second kappa shape index (κ2) is 6.58. The number of hydrogen-bond acceptors (Lipinski definition) is 4. The SMILES string of the molecule is CCn1nnc(C)c1CN1CC(C)OC(c2ccccc2)C1. The lowest BCUT2D eigenvalue weighted by molar-refractivity contribution is -0.0819. The van der Waals surface area contributed by atoms with Crippen LogP contribution in [0, 0.1) is 6.92 Å². The summed E-state index contributed by atoms with van der Waals surface area (Å²) in [5.74, 6) is 0. The molecule has 1 aromatic heterocycles. The standard InChI is InChI=1S/C17H24N4O/c1-4-21-16(14(3)18-19-21)11-20-10-13(2)22-17(12-20)15-8-6-5-7-9-15/h5-9,13,17H,4,10-12H2,1-3H3. The van der Waals surface area contributed by atoms with E-state index in [1.54, 1.807) is 0 Å². The Morgan fingerprint density at radius 3 is 2.73 bits per heavy atom. The lowest BCUT2D eigenvalue weighted by atomic mass is 10.1. The van der Waals surface area contributed by atoms with Gasteiger partial charge in [0.2, 0.25) is 0 Å². The summed E-state index contributed by atoms with van der Waals surface area (Å²) in [5.41, 5.74) is 3.48. The van der Waals surface area contributed by atoms with E-state index in [1.807, 2.05) is 17.7 Å². The molecule has 1 aliphatic rings. The summed E-state index contributed by atoms with van der Waals surface area (Å²) in [7, 11) is 0. The van der Waals surface area contributed by atoms with Crippen LogP contribution in [0.2, 0.25) is 0 Å². The van der Waals surface area contributed by atoms with Crippen LogP contribution in [0.15, 0.2) is 30.3 Å². The highest BCUT2D eigenvalue weighted by molar-refractivity contribution is 5.18. The van der Waals surface area contributed by atoms with Gasteiger partial charge in [-0.25, -0.2) is 4.68 Å². The van der Waals surface area contributed by atoms with Crippen LogP contribution in [-0.4, -0.2) is 39.1 Å². The Morgan fingerprint density at radius 2 is 2.00 bits per heavy atom. The van der Waals surface area contributed by atoms with E-state index in [2.05, 4.69) is 53.3 Å². The first-order valence-corrected chi connectivity index (χ1v) is 7.99. The molecule has 0 spiro atoms. The molecule has 3 rings (SSSR count). The first kappa shape index (κ1) is 15.2. The summed E-state index contributed by atoms with van der Waals surface area (Å²) >= 11 is 0. The maximum atomic E-state index is 6.13. The largest absolute Gasteiger partial charge is 0.368 e. The van der Waals surface area contributed by atoms with Gasteiger partial charge in [0.15, 0.2) is 0 Å². The van der Waals surface area contributed by atoms with Gasteiger partial charge in [-0.2, -0.15) is 0 Å². The molecule has 118 valence electrons. The Hall–Kier alpha value is -1.72. The minimum absolute atomic E-state index is 0.135. The highest BCUT2D eigenvalue weighted by atomic mass is 16.5. The molecule has 22 heavy (non-hydrogen) atoms. The molecule has 2 atom stereocenters. The van der Waals surface area contributed by atoms with E-state index in [1.165, 1.54) is 11.3 Å². The van der Waals surface area contributed by atoms with Gasteiger partial charge in [0, 0.05) is 26.2 Å². The molecule has 1 aliphatic heterocycles. The van der Waals surface area contributed by atoms with Gasteiger partial charge in [0.05, 0.1) is 23.6 Å². The van der Waals surface area contributed by atoms with Gasteiger partial charge in [-0.05, 0) is 26.3 Å². The summed E-state index contributed by atoms with van der Waals surface area (Å²) < 4.78 is 8.12. The quantitative estimate of drug-likeness (QED) is 0.870. The molecule has 5 heteroatoms. The van der Waals surface area contributed by atoms with Crippen LogP contribution in [0.3, 0.4) is 0 Å². The van der Waals surface area contributed by atoms with Crippen molar-refractivity contribution in [2.75, 3.05) is 13.1 Å². The molecule has 1 aromatic carbocycles. The number of benzene rings is 1. The van der Waals surface area contributed by atoms with Gasteiger partial charge in [-0.15, -0.1) is 5.10 Å². The predicted octanol–water partition coefficient (Wildman–Crippen LogP) is 2.57. The lowest BCUT2D eigenvalue weighted by Gasteiger charge is -2.37. The van der Waals surface area contributed by atoms with Crippen LogP contribution in [0.5, 0.6) is 0 Å². The number of ether oxygens (including phenoxy) is 1. The zero-order chi connectivity index (χ0) is 15.5. The molecule has 2 aromatic rings. The molecular formula is C17H24N4O. The van der Waals surface area contributed by atoms with Crippen molar-refractivity contribution < 1.29 is 4.74 Å². The fourth-order valence-electron chi connectivity index (χ4n) is 3.10. The van der Waals surface area contributed by atoms with E-state index in [0.717, 1.165) is 31.9 Å². The molecule has 0 amide bonds. The van der Waals surface area contributed by atoms with Crippen molar-refractivity contribution in [3.8, 4) is 0 Å². The Labute approximate surface area is 131 Å². The number of morpholine rings is 1. The molecular weight excluding hydrogens is 276 g/mol. The van der Waals surface area contributed by atoms with Crippen LogP contribution in [-0.2, 0) is 17.8 Å². The zero-order valence-electron chi connectivity index (χ0n) is 13.6. The average molecular weight is 300 g/mol. The van der Waals surface area contributed by atoms with Gasteiger partial charge in [-0.3, -0.25) is 4.90 Å². The molecule has 0 bridgehead atoms. The fourth-order valence-corrected chi connectivity index (χ4v) is 3.10. The second-order valence-electron chi connectivity index (χ2n) is 5.98.